The van der Waals surface area contributed by atoms with Gasteiger partial charge < -0.3 is 10.0 Å². The normalized spacial score (nSPS) is 17.8. The van der Waals surface area contributed by atoms with E-state index in [1.807, 2.05) is 12.1 Å². The summed E-state index contributed by atoms with van der Waals surface area (Å²) in [4.78, 5) is 20.2. The highest BCUT2D eigenvalue weighted by Gasteiger charge is 2.24. The predicted molar refractivity (Wildman–Crippen MR) is 77.6 cm³/mol. The molecule has 0 saturated carbocycles. The van der Waals surface area contributed by atoms with E-state index in [4.69, 9.17) is 0 Å². The van der Waals surface area contributed by atoms with E-state index in [2.05, 4.69) is 22.1 Å². The summed E-state index contributed by atoms with van der Waals surface area (Å²) in [5.74, 6) is 0.571. The van der Waals surface area contributed by atoms with Crippen molar-refractivity contribution in [1.29, 1.82) is 0 Å². The number of anilines is 1. The zero-order valence-electron chi connectivity index (χ0n) is 11.8. The maximum atomic E-state index is 12.1. The van der Waals surface area contributed by atoms with Gasteiger partial charge in [-0.25, -0.2) is 9.78 Å². The largest absolute Gasteiger partial charge is 0.395 e. The van der Waals surface area contributed by atoms with Gasteiger partial charge in [0.25, 0.3) is 0 Å². The highest BCUT2D eigenvalue weighted by Crippen LogP contribution is 2.10. The fourth-order valence-corrected chi connectivity index (χ4v) is 2.42. The molecule has 1 fully saturated rings. The number of pyridine rings is 1. The topological polar surface area (TPSA) is 68.7 Å². The van der Waals surface area contributed by atoms with E-state index in [1.165, 1.54) is 0 Å². The number of aromatic nitrogens is 1. The number of nitrogens with zero attached hydrogens (tertiary/aromatic N) is 3. The number of aliphatic hydroxyl groups is 1. The molecule has 1 aromatic rings. The summed E-state index contributed by atoms with van der Waals surface area (Å²) < 4.78 is 0. The molecule has 0 spiro atoms. The Morgan fingerprint density at radius 3 is 2.70 bits per heavy atom. The van der Waals surface area contributed by atoms with Crippen molar-refractivity contribution in [1.82, 2.24) is 14.8 Å². The number of piperazine rings is 1. The number of hydrogen-bond donors (Lipinski definition) is 2. The molecule has 1 atom stereocenters. The first-order valence-corrected chi connectivity index (χ1v) is 7.06. The van der Waals surface area contributed by atoms with Crippen LogP contribution >= 0.6 is 0 Å². The zero-order valence-corrected chi connectivity index (χ0v) is 11.8. The van der Waals surface area contributed by atoms with E-state index >= 15 is 0 Å². The molecule has 2 rings (SSSR count). The first-order valence-electron chi connectivity index (χ1n) is 7.06. The van der Waals surface area contributed by atoms with E-state index in [9.17, 15) is 9.90 Å². The van der Waals surface area contributed by atoms with Gasteiger partial charge in [-0.15, -0.1) is 0 Å². The number of nitrogens with one attached hydrogen (secondary N) is 1. The summed E-state index contributed by atoms with van der Waals surface area (Å²) in [6.07, 6.45) is 2.58. The monoisotopic (exact) mass is 278 g/mol. The van der Waals surface area contributed by atoms with Crippen LogP contribution in [0.2, 0.25) is 0 Å². The first kappa shape index (κ1) is 14.7. The van der Waals surface area contributed by atoms with E-state index in [-0.39, 0.29) is 18.7 Å². The molecular weight excluding hydrogens is 256 g/mol. The molecule has 0 radical (unpaired) electrons. The predicted octanol–water partition coefficient (Wildman–Crippen LogP) is 1.00. The Morgan fingerprint density at radius 1 is 1.40 bits per heavy atom. The summed E-state index contributed by atoms with van der Waals surface area (Å²) in [7, 11) is 0. The molecule has 1 unspecified atom stereocenters. The Bertz CT molecular complexity index is 414. The Hall–Kier alpha value is -1.66. The number of urea groups is 1. The van der Waals surface area contributed by atoms with Crippen molar-refractivity contribution in [3.63, 3.8) is 0 Å². The molecule has 1 aliphatic rings. The third-order valence-electron chi connectivity index (χ3n) is 3.70. The fraction of sp³-hybridized carbons (Fsp3) is 0.571. The molecule has 0 aliphatic carbocycles. The molecular formula is C14H22N4O2. The molecule has 2 amide bonds. The van der Waals surface area contributed by atoms with E-state index < -0.39 is 0 Å². The van der Waals surface area contributed by atoms with Crippen LogP contribution in [0.15, 0.2) is 24.4 Å². The first-order chi connectivity index (χ1) is 9.74. The quantitative estimate of drug-likeness (QED) is 0.862. The third kappa shape index (κ3) is 3.68. The van der Waals surface area contributed by atoms with Gasteiger partial charge in [-0.1, -0.05) is 13.0 Å². The molecule has 1 aromatic heterocycles. The minimum Gasteiger partial charge on any atom is -0.395 e. The molecule has 2 heterocycles. The lowest BCUT2D eigenvalue weighted by molar-refractivity contribution is 0.0766. The van der Waals surface area contributed by atoms with Crippen LogP contribution in [0.5, 0.6) is 0 Å². The number of carbonyl (C=O) groups is 1. The average Bonchev–Trinajstić information content (AvgIpc) is 2.50. The van der Waals surface area contributed by atoms with Crippen molar-refractivity contribution in [2.24, 2.45) is 0 Å². The molecule has 6 heteroatoms. The van der Waals surface area contributed by atoms with Crippen molar-refractivity contribution in [3.8, 4) is 0 Å². The third-order valence-corrected chi connectivity index (χ3v) is 3.70. The molecule has 1 saturated heterocycles. The second kappa shape index (κ2) is 7.21. The van der Waals surface area contributed by atoms with Crippen LogP contribution in [0.4, 0.5) is 10.6 Å². The van der Waals surface area contributed by atoms with Gasteiger partial charge in [0.15, 0.2) is 0 Å². The van der Waals surface area contributed by atoms with Crippen LogP contribution in [0.25, 0.3) is 0 Å². The molecule has 20 heavy (non-hydrogen) atoms. The Morgan fingerprint density at radius 2 is 2.15 bits per heavy atom. The molecule has 2 N–H and O–H groups in total. The van der Waals surface area contributed by atoms with E-state index in [0.717, 1.165) is 19.5 Å². The van der Waals surface area contributed by atoms with Gasteiger partial charge in [0.1, 0.15) is 5.82 Å². The smallest absolute Gasteiger partial charge is 0.323 e. The summed E-state index contributed by atoms with van der Waals surface area (Å²) in [6, 6.07) is 5.52. The lowest BCUT2D eigenvalue weighted by Gasteiger charge is -2.38. The van der Waals surface area contributed by atoms with Crippen molar-refractivity contribution < 1.29 is 9.90 Å². The van der Waals surface area contributed by atoms with Crippen LogP contribution < -0.4 is 5.32 Å². The Balaban J connectivity index is 1.83. The van der Waals surface area contributed by atoms with Gasteiger partial charge in [0, 0.05) is 38.4 Å². The van der Waals surface area contributed by atoms with Crippen molar-refractivity contribution in [2.75, 3.05) is 38.1 Å². The lowest BCUT2D eigenvalue weighted by Crippen LogP contribution is -2.53. The van der Waals surface area contributed by atoms with E-state index in [0.29, 0.717) is 18.9 Å². The summed E-state index contributed by atoms with van der Waals surface area (Å²) >= 11 is 0. The van der Waals surface area contributed by atoms with Gasteiger partial charge in [0.05, 0.1) is 6.61 Å². The molecule has 110 valence electrons. The van der Waals surface area contributed by atoms with Gasteiger partial charge in [-0.3, -0.25) is 10.2 Å². The number of hydrogen-bond acceptors (Lipinski definition) is 4. The zero-order chi connectivity index (χ0) is 14.4. The number of carbonyl (C=O) groups excluding carboxylic acids is 1. The Kier molecular flexibility index (Phi) is 5.31. The highest BCUT2D eigenvalue weighted by molar-refractivity contribution is 5.88. The second-order valence-electron chi connectivity index (χ2n) is 4.91. The molecule has 6 nitrogen and oxygen atoms in total. The standard InChI is InChI=1S/C14H22N4O2/c1-2-12(11-19)17-7-9-18(10-8-17)14(20)16-13-5-3-4-6-15-13/h3-6,12,19H,2,7-11H2,1H3,(H,15,16,20). The number of aliphatic hydroxyl groups excluding tert-OH is 1. The van der Waals surface area contributed by atoms with Crippen LogP contribution in [0.1, 0.15) is 13.3 Å². The molecule has 0 aromatic carbocycles. The van der Waals surface area contributed by atoms with Gasteiger partial charge in [-0.05, 0) is 18.6 Å². The molecule has 0 bridgehead atoms. The van der Waals surface area contributed by atoms with Crippen LogP contribution in [0, 0.1) is 0 Å². The van der Waals surface area contributed by atoms with Gasteiger partial charge in [0.2, 0.25) is 0 Å². The highest BCUT2D eigenvalue weighted by atomic mass is 16.3. The Labute approximate surface area is 119 Å². The van der Waals surface area contributed by atoms with Crippen molar-refractivity contribution in [2.45, 2.75) is 19.4 Å². The maximum absolute atomic E-state index is 12.1. The van der Waals surface area contributed by atoms with Crippen LogP contribution in [-0.4, -0.2) is 64.7 Å². The fourth-order valence-electron chi connectivity index (χ4n) is 2.42. The molecule has 1 aliphatic heterocycles. The summed E-state index contributed by atoms with van der Waals surface area (Å²) in [5.41, 5.74) is 0. The SMILES string of the molecule is CCC(CO)N1CCN(C(=O)Nc2ccccn2)CC1. The van der Waals surface area contributed by atoms with Gasteiger partial charge >= 0.3 is 6.03 Å². The second-order valence-corrected chi connectivity index (χ2v) is 4.91. The van der Waals surface area contributed by atoms with E-state index in [1.54, 1.807) is 17.2 Å². The number of rotatable bonds is 4. The minimum atomic E-state index is -0.111. The minimum absolute atomic E-state index is 0.111. The van der Waals surface area contributed by atoms with Crippen molar-refractivity contribution >= 4 is 11.8 Å². The van der Waals surface area contributed by atoms with Crippen molar-refractivity contribution in [3.05, 3.63) is 24.4 Å². The number of amides is 2. The average molecular weight is 278 g/mol. The lowest BCUT2D eigenvalue weighted by atomic mass is 10.2. The van der Waals surface area contributed by atoms with Crippen LogP contribution in [0.3, 0.4) is 0 Å². The summed E-state index contributed by atoms with van der Waals surface area (Å²) in [5, 5.41) is 12.1. The summed E-state index contributed by atoms with van der Waals surface area (Å²) in [6.45, 7) is 5.20. The maximum Gasteiger partial charge on any atom is 0.323 e. The van der Waals surface area contributed by atoms with Gasteiger partial charge in [-0.2, -0.15) is 0 Å². The van der Waals surface area contributed by atoms with Crippen LogP contribution in [-0.2, 0) is 0 Å².